The number of rotatable bonds is 8. The summed E-state index contributed by atoms with van der Waals surface area (Å²) in [6, 6.07) is 4.83. The zero-order chi connectivity index (χ0) is 23.7. The smallest absolute Gasteiger partial charge is 0.245 e. The van der Waals surface area contributed by atoms with Crippen LogP contribution in [0.1, 0.15) is 32.1 Å². The molecule has 34 heavy (non-hydrogen) atoms. The molecule has 2 aromatic heterocycles. The molecule has 0 saturated carbocycles. The molecule has 2 bridgehead atoms. The SMILES string of the molecule is COc1cc(NC2CC(CO)NN2)nc(NC2C[C@H]3CC[C@@H](C2)N3S(=O)(=O)c2cccnc2)n1. The van der Waals surface area contributed by atoms with E-state index in [1.165, 1.54) is 6.20 Å². The van der Waals surface area contributed by atoms with Crippen molar-refractivity contribution < 1.29 is 18.3 Å². The number of methoxy groups -OCH3 is 1. The van der Waals surface area contributed by atoms with E-state index in [2.05, 4.69) is 36.4 Å². The Labute approximate surface area is 198 Å². The van der Waals surface area contributed by atoms with Gasteiger partial charge in [-0.05, 0) is 37.8 Å². The molecule has 3 saturated heterocycles. The third-order valence-electron chi connectivity index (χ3n) is 6.65. The fourth-order valence-corrected chi connectivity index (χ4v) is 6.99. The normalized spacial score (nSPS) is 29.2. The first-order valence-electron chi connectivity index (χ1n) is 11.5. The van der Waals surface area contributed by atoms with Crippen molar-refractivity contribution >= 4 is 21.8 Å². The van der Waals surface area contributed by atoms with Gasteiger partial charge in [0.15, 0.2) is 0 Å². The van der Waals surface area contributed by atoms with Crippen LogP contribution in [0, 0.1) is 0 Å². The largest absolute Gasteiger partial charge is 0.481 e. The number of hydrogen-bond donors (Lipinski definition) is 5. The Kier molecular flexibility index (Phi) is 6.53. The van der Waals surface area contributed by atoms with Gasteiger partial charge >= 0.3 is 0 Å². The van der Waals surface area contributed by atoms with Crippen LogP contribution >= 0.6 is 0 Å². The predicted molar refractivity (Wildman–Crippen MR) is 124 cm³/mol. The number of nitrogens with zero attached hydrogens (tertiary/aromatic N) is 4. The number of anilines is 2. The highest BCUT2D eigenvalue weighted by molar-refractivity contribution is 7.89. The minimum atomic E-state index is -3.58. The van der Waals surface area contributed by atoms with Gasteiger partial charge < -0.3 is 20.5 Å². The van der Waals surface area contributed by atoms with Crippen molar-refractivity contribution in [3.8, 4) is 5.88 Å². The van der Waals surface area contributed by atoms with E-state index in [1.807, 2.05) is 0 Å². The molecule has 0 spiro atoms. The molecular weight excluding hydrogens is 460 g/mol. The first-order chi connectivity index (χ1) is 16.5. The molecule has 5 atom stereocenters. The average Bonchev–Trinajstić information content (AvgIpc) is 3.41. The predicted octanol–water partition coefficient (Wildman–Crippen LogP) is 0.273. The highest BCUT2D eigenvalue weighted by Crippen LogP contribution is 2.40. The maximum absolute atomic E-state index is 13.2. The van der Waals surface area contributed by atoms with Crippen molar-refractivity contribution in [1.82, 2.24) is 30.1 Å². The zero-order valence-corrected chi connectivity index (χ0v) is 19.7. The number of piperidine rings is 1. The molecule has 3 aliphatic rings. The molecule has 13 heteroatoms. The summed E-state index contributed by atoms with van der Waals surface area (Å²) < 4.78 is 33.5. The lowest BCUT2D eigenvalue weighted by Crippen LogP contribution is -2.49. The highest BCUT2D eigenvalue weighted by Gasteiger charge is 2.47. The first-order valence-corrected chi connectivity index (χ1v) is 12.9. The average molecular weight is 491 g/mol. The van der Waals surface area contributed by atoms with Gasteiger partial charge in [-0.2, -0.15) is 14.3 Å². The first kappa shape index (κ1) is 23.2. The highest BCUT2D eigenvalue weighted by atomic mass is 32.2. The summed E-state index contributed by atoms with van der Waals surface area (Å²) in [4.78, 5) is 13.3. The second-order valence-corrected chi connectivity index (χ2v) is 10.8. The molecule has 0 amide bonds. The van der Waals surface area contributed by atoms with E-state index in [9.17, 15) is 13.5 Å². The van der Waals surface area contributed by atoms with Gasteiger partial charge in [0.05, 0.1) is 19.9 Å². The molecule has 3 unspecified atom stereocenters. The standard InChI is InChI=1S/C21H30N8O4S/c1-33-20-10-18(24-19-9-14(12-30)27-28-19)25-21(26-20)23-13-7-15-4-5-16(8-13)29(15)34(31,32)17-3-2-6-22-11-17/h2-3,6,10-11,13-16,19,27-28,30H,4-5,7-9,12H2,1H3,(H2,23,24,25,26)/t13?,14?,15-,16+,19?. The lowest BCUT2D eigenvalue weighted by atomic mass is 10.00. The summed E-state index contributed by atoms with van der Waals surface area (Å²) in [5.41, 5.74) is 6.11. The second-order valence-electron chi connectivity index (χ2n) is 8.94. The van der Waals surface area contributed by atoms with Gasteiger partial charge in [-0.25, -0.2) is 13.8 Å². The van der Waals surface area contributed by atoms with Gasteiger partial charge in [-0.15, -0.1) is 0 Å². The monoisotopic (exact) mass is 490 g/mol. The van der Waals surface area contributed by atoms with Crippen LogP contribution < -0.4 is 26.2 Å². The Balaban J connectivity index is 1.28. The minimum Gasteiger partial charge on any atom is -0.481 e. The lowest BCUT2D eigenvalue weighted by molar-refractivity contribution is 0.234. The van der Waals surface area contributed by atoms with Crippen LogP contribution in [-0.4, -0.2) is 76.8 Å². The van der Waals surface area contributed by atoms with Crippen molar-refractivity contribution in [2.45, 2.75) is 67.3 Å². The number of aromatic nitrogens is 3. The molecule has 0 aromatic carbocycles. The number of hydrazine groups is 1. The molecule has 184 valence electrons. The molecule has 3 fully saturated rings. The quantitative estimate of drug-likeness (QED) is 0.346. The van der Waals surface area contributed by atoms with Crippen molar-refractivity contribution in [3.05, 3.63) is 30.6 Å². The van der Waals surface area contributed by atoms with E-state index in [1.54, 1.807) is 35.8 Å². The van der Waals surface area contributed by atoms with E-state index in [-0.39, 0.29) is 41.8 Å². The van der Waals surface area contributed by atoms with Gasteiger partial charge in [0.25, 0.3) is 0 Å². The molecule has 3 aliphatic heterocycles. The van der Waals surface area contributed by atoms with E-state index < -0.39 is 10.0 Å². The van der Waals surface area contributed by atoms with E-state index in [0.29, 0.717) is 36.9 Å². The topological polar surface area (TPSA) is 154 Å². The van der Waals surface area contributed by atoms with Crippen LogP contribution in [0.2, 0.25) is 0 Å². The number of sulfonamides is 1. The van der Waals surface area contributed by atoms with E-state index in [4.69, 9.17) is 4.74 Å². The number of pyridine rings is 1. The molecule has 5 heterocycles. The van der Waals surface area contributed by atoms with E-state index in [0.717, 1.165) is 12.8 Å². The van der Waals surface area contributed by atoms with Crippen molar-refractivity contribution in [2.24, 2.45) is 0 Å². The number of aliphatic hydroxyl groups excluding tert-OH is 1. The van der Waals surface area contributed by atoms with Crippen molar-refractivity contribution in [1.29, 1.82) is 0 Å². The van der Waals surface area contributed by atoms with E-state index >= 15 is 0 Å². The molecule has 12 nitrogen and oxygen atoms in total. The fourth-order valence-electron chi connectivity index (χ4n) is 5.13. The number of fused-ring (bicyclic) bond motifs is 2. The Hall–Kier alpha value is -2.58. The Morgan fingerprint density at radius 2 is 1.97 bits per heavy atom. The molecule has 5 rings (SSSR count). The molecular formula is C21H30N8O4S. The van der Waals surface area contributed by atoms with Crippen LogP contribution in [0.15, 0.2) is 35.5 Å². The van der Waals surface area contributed by atoms with Gasteiger partial charge in [0, 0.05) is 49.0 Å². The molecule has 2 aromatic rings. The van der Waals surface area contributed by atoms with Crippen LogP contribution in [0.5, 0.6) is 5.88 Å². The Morgan fingerprint density at radius 3 is 2.62 bits per heavy atom. The number of aliphatic hydroxyl groups is 1. The van der Waals surface area contributed by atoms with Crippen molar-refractivity contribution in [3.63, 3.8) is 0 Å². The van der Waals surface area contributed by atoms with Crippen molar-refractivity contribution in [2.75, 3.05) is 24.4 Å². The maximum atomic E-state index is 13.2. The summed E-state index contributed by atoms with van der Waals surface area (Å²) in [5.74, 6) is 1.44. The Bertz CT molecular complexity index is 1090. The van der Waals surface area contributed by atoms with Gasteiger partial charge in [-0.3, -0.25) is 10.4 Å². The van der Waals surface area contributed by atoms with Gasteiger partial charge in [-0.1, -0.05) is 0 Å². The fraction of sp³-hybridized carbons (Fsp3) is 0.571. The van der Waals surface area contributed by atoms with Gasteiger partial charge in [0.2, 0.25) is 21.9 Å². The van der Waals surface area contributed by atoms with Crippen LogP contribution in [0.25, 0.3) is 0 Å². The van der Waals surface area contributed by atoms with Crippen LogP contribution in [0.4, 0.5) is 11.8 Å². The van der Waals surface area contributed by atoms with Gasteiger partial charge in [0.1, 0.15) is 10.7 Å². The summed E-state index contributed by atoms with van der Waals surface area (Å²) in [5, 5.41) is 16.0. The maximum Gasteiger partial charge on any atom is 0.245 e. The third kappa shape index (κ3) is 4.66. The zero-order valence-electron chi connectivity index (χ0n) is 18.9. The second kappa shape index (κ2) is 9.58. The third-order valence-corrected chi connectivity index (χ3v) is 8.63. The minimum absolute atomic E-state index is 0.0255. The molecule has 0 aliphatic carbocycles. The molecule has 0 radical (unpaired) electrons. The number of nitrogens with one attached hydrogen (secondary N) is 4. The summed E-state index contributed by atoms with van der Waals surface area (Å²) in [6.45, 7) is 0.0443. The summed E-state index contributed by atoms with van der Waals surface area (Å²) in [7, 11) is -2.03. The van der Waals surface area contributed by atoms with Crippen LogP contribution in [-0.2, 0) is 10.0 Å². The summed E-state index contributed by atoms with van der Waals surface area (Å²) >= 11 is 0. The van der Waals surface area contributed by atoms with Crippen LogP contribution in [0.3, 0.4) is 0 Å². The number of hydrogen-bond acceptors (Lipinski definition) is 11. The Morgan fingerprint density at radius 1 is 1.18 bits per heavy atom. The summed E-state index contributed by atoms with van der Waals surface area (Å²) in [6.07, 6.45) is 6.60. The number of ether oxygens (including phenoxy) is 1. The lowest BCUT2D eigenvalue weighted by Gasteiger charge is -2.38. The molecule has 5 N–H and O–H groups in total.